The number of unbranched alkanes of at least 4 members (excludes halogenated alkanes) is 2. The van der Waals surface area contributed by atoms with E-state index < -0.39 is 0 Å². The Morgan fingerprint density at radius 1 is 1.05 bits per heavy atom. The molecular weight excluding hydrogens is 278 g/mol. The molecule has 1 aliphatic rings. The normalized spacial score (nSPS) is 13.2. The van der Waals surface area contributed by atoms with E-state index >= 15 is 0 Å². The Bertz CT molecular complexity index is 746. The summed E-state index contributed by atoms with van der Waals surface area (Å²) in [5, 5.41) is 4.46. The second-order valence-electron chi connectivity index (χ2n) is 5.54. The van der Waals surface area contributed by atoms with Crippen LogP contribution in [0.5, 0.6) is 0 Å². The Hall–Kier alpha value is -2.30. The number of rotatable bonds is 5. The van der Waals surface area contributed by atoms with Gasteiger partial charge in [-0.3, -0.25) is 9.59 Å². The summed E-state index contributed by atoms with van der Waals surface area (Å²) in [5.74, 6) is -0.199. The maximum absolute atomic E-state index is 12.8. The first-order valence-electron chi connectivity index (χ1n) is 7.88. The van der Waals surface area contributed by atoms with Crippen molar-refractivity contribution in [2.45, 2.75) is 46.2 Å². The highest BCUT2D eigenvalue weighted by Crippen LogP contribution is 2.25. The van der Waals surface area contributed by atoms with Gasteiger partial charge in [0.1, 0.15) is 13.1 Å². The molecule has 0 aliphatic heterocycles. The second kappa shape index (κ2) is 5.83. The maximum Gasteiger partial charge on any atom is 0.249 e. The molecule has 5 heteroatoms. The number of carbonyl (C=O) groups is 2. The van der Waals surface area contributed by atoms with Crippen LogP contribution in [0.25, 0.3) is 0 Å². The smallest absolute Gasteiger partial charge is 0.249 e. The molecule has 0 fully saturated rings. The van der Waals surface area contributed by atoms with Crippen LogP contribution in [0.4, 0.5) is 0 Å². The number of aromatic nitrogens is 3. The Morgan fingerprint density at radius 3 is 2.36 bits per heavy atom. The van der Waals surface area contributed by atoms with Gasteiger partial charge in [0.25, 0.3) is 0 Å². The minimum Gasteiger partial charge on any atom is -0.284 e. The lowest BCUT2D eigenvalue weighted by molar-refractivity contribution is -0.757. The standard InChI is InChI=1S/C17H20N3O2/c1-3-5-8-11-20-15-14(19(4-2)18-20)16(21)12-9-6-7-10-13(12)17(15)22/h6-7,9-10H,3-5,8,11H2,1-2H3/q+1. The monoisotopic (exact) mass is 298 g/mol. The summed E-state index contributed by atoms with van der Waals surface area (Å²) in [6, 6.07) is 7.02. The van der Waals surface area contributed by atoms with Crippen molar-refractivity contribution in [3.63, 3.8) is 0 Å². The molecule has 1 aromatic heterocycles. The van der Waals surface area contributed by atoms with Crippen LogP contribution in [0.2, 0.25) is 0 Å². The van der Waals surface area contributed by atoms with Crippen molar-refractivity contribution < 1.29 is 14.3 Å². The highest BCUT2D eigenvalue weighted by molar-refractivity contribution is 6.26. The number of nitrogens with zero attached hydrogens (tertiary/aromatic N) is 3. The molecule has 1 heterocycles. The molecule has 0 N–H and O–H groups in total. The fraction of sp³-hybridized carbons (Fsp3) is 0.412. The summed E-state index contributed by atoms with van der Waals surface area (Å²) in [4.78, 5) is 25.6. The van der Waals surface area contributed by atoms with Crippen LogP contribution in [-0.2, 0) is 13.1 Å². The largest absolute Gasteiger partial charge is 0.284 e. The summed E-state index contributed by atoms with van der Waals surface area (Å²) < 4.78 is 3.36. The first-order chi connectivity index (χ1) is 10.7. The van der Waals surface area contributed by atoms with E-state index in [2.05, 4.69) is 12.1 Å². The van der Waals surface area contributed by atoms with E-state index in [1.54, 1.807) is 33.6 Å². The molecule has 1 aromatic carbocycles. The fourth-order valence-corrected chi connectivity index (χ4v) is 2.94. The molecule has 3 rings (SSSR count). The predicted octanol–water partition coefficient (Wildman–Crippen LogP) is 2.16. The van der Waals surface area contributed by atoms with Gasteiger partial charge < -0.3 is 0 Å². The number of hydrogen-bond acceptors (Lipinski definition) is 3. The van der Waals surface area contributed by atoms with Crippen LogP contribution in [0.15, 0.2) is 24.3 Å². The predicted molar refractivity (Wildman–Crippen MR) is 80.9 cm³/mol. The lowest BCUT2D eigenvalue weighted by Gasteiger charge is -2.11. The third kappa shape index (κ3) is 2.17. The SMILES string of the molecule is CCCCC[n+]1nn(CC)c2c1C(=O)c1ccccc1C2=O. The van der Waals surface area contributed by atoms with Crippen LogP contribution >= 0.6 is 0 Å². The Morgan fingerprint density at radius 2 is 1.73 bits per heavy atom. The first-order valence-corrected chi connectivity index (χ1v) is 7.88. The summed E-state index contributed by atoms with van der Waals surface area (Å²) >= 11 is 0. The average molecular weight is 298 g/mol. The van der Waals surface area contributed by atoms with Gasteiger partial charge in [0, 0.05) is 11.1 Å². The summed E-state index contributed by atoms with van der Waals surface area (Å²) in [6.45, 7) is 5.31. The van der Waals surface area contributed by atoms with Crippen LogP contribution < -0.4 is 4.68 Å². The van der Waals surface area contributed by atoms with Gasteiger partial charge in [-0.1, -0.05) is 37.6 Å². The zero-order valence-corrected chi connectivity index (χ0v) is 13.0. The molecule has 0 amide bonds. The number of aryl methyl sites for hydroxylation is 2. The van der Waals surface area contributed by atoms with Gasteiger partial charge >= 0.3 is 0 Å². The number of benzene rings is 1. The van der Waals surface area contributed by atoms with E-state index in [1.165, 1.54) is 0 Å². The first kappa shape index (κ1) is 14.6. The van der Waals surface area contributed by atoms with Crippen LogP contribution in [-0.4, -0.2) is 21.5 Å². The van der Waals surface area contributed by atoms with E-state index in [0.29, 0.717) is 35.6 Å². The molecular formula is C17H20N3O2+. The van der Waals surface area contributed by atoms with Gasteiger partial charge in [0.2, 0.25) is 23.0 Å². The molecule has 2 aromatic rings. The van der Waals surface area contributed by atoms with Gasteiger partial charge in [-0.25, -0.2) is 0 Å². The molecule has 0 saturated carbocycles. The summed E-state index contributed by atoms with van der Waals surface area (Å²) in [5.41, 5.74) is 1.85. The lowest BCUT2D eigenvalue weighted by Crippen LogP contribution is -2.43. The van der Waals surface area contributed by atoms with E-state index in [4.69, 9.17) is 0 Å². The molecule has 0 unspecified atom stereocenters. The highest BCUT2D eigenvalue weighted by Gasteiger charge is 2.41. The van der Waals surface area contributed by atoms with Gasteiger partial charge in [-0.15, -0.1) is 9.36 Å². The summed E-state index contributed by atoms with van der Waals surface area (Å²) in [7, 11) is 0. The Balaban J connectivity index is 2.11. The number of carbonyl (C=O) groups excluding carboxylic acids is 2. The van der Waals surface area contributed by atoms with E-state index in [1.807, 2.05) is 6.92 Å². The molecule has 0 saturated heterocycles. The van der Waals surface area contributed by atoms with E-state index in [9.17, 15) is 9.59 Å². The molecule has 0 bridgehead atoms. The molecule has 0 atom stereocenters. The molecule has 1 aliphatic carbocycles. The van der Waals surface area contributed by atoms with E-state index in [-0.39, 0.29) is 11.6 Å². The zero-order chi connectivity index (χ0) is 15.7. The summed E-state index contributed by atoms with van der Waals surface area (Å²) in [6.07, 6.45) is 3.14. The molecule has 22 heavy (non-hydrogen) atoms. The van der Waals surface area contributed by atoms with Crippen LogP contribution in [0.1, 0.15) is 65.2 Å². The van der Waals surface area contributed by atoms with Gasteiger partial charge in [-0.05, 0) is 19.8 Å². The van der Waals surface area contributed by atoms with Gasteiger partial charge in [0.15, 0.2) is 0 Å². The van der Waals surface area contributed by atoms with E-state index in [0.717, 1.165) is 19.3 Å². The van der Waals surface area contributed by atoms with Crippen molar-refractivity contribution in [2.24, 2.45) is 0 Å². The number of hydrogen-bond donors (Lipinski definition) is 0. The van der Waals surface area contributed by atoms with Crippen molar-refractivity contribution in [3.8, 4) is 0 Å². The number of fused-ring (bicyclic) bond motifs is 2. The quantitative estimate of drug-likeness (QED) is 0.536. The molecule has 114 valence electrons. The van der Waals surface area contributed by atoms with Gasteiger partial charge in [0.05, 0.1) is 5.21 Å². The van der Waals surface area contributed by atoms with Crippen molar-refractivity contribution in [2.75, 3.05) is 0 Å². The third-order valence-electron chi connectivity index (χ3n) is 4.08. The Labute approximate surface area is 129 Å². The van der Waals surface area contributed by atoms with Crippen molar-refractivity contribution in [3.05, 3.63) is 46.8 Å². The maximum atomic E-state index is 12.8. The van der Waals surface area contributed by atoms with Crippen LogP contribution in [0.3, 0.4) is 0 Å². The topological polar surface area (TPSA) is 55.8 Å². The minimum atomic E-state index is -0.103. The number of ketones is 2. The van der Waals surface area contributed by atoms with Crippen molar-refractivity contribution in [1.29, 1.82) is 0 Å². The molecule has 0 radical (unpaired) electrons. The second-order valence-corrected chi connectivity index (χ2v) is 5.54. The molecule has 5 nitrogen and oxygen atoms in total. The fourth-order valence-electron chi connectivity index (χ4n) is 2.94. The highest BCUT2D eigenvalue weighted by atomic mass is 16.1. The Kier molecular flexibility index (Phi) is 3.88. The van der Waals surface area contributed by atoms with Crippen LogP contribution in [0, 0.1) is 0 Å². The third-order valence-corrected chi connectivity index (χ3v) is 4.08. The van der Waals surface area contributed by atoms with Crippen molar-refractivity contribution in [1.82, 2.24) is 9.90 Å². The van der Waals surface area contributed by atoms with Gasteiger partial charge in [-0.2, -0.15) is 0 Å². The minimum absolute atomic E-state index is 0.0959. The average Bonchev–Trinajstić information content (AvgIpc) is 2.92. The zero-order valence-electron chi connectivity index (χ0n) is 13.0. The van der Waals surface area contributed by atoms with Crippen molar-refractivity contribution >= 4 is 11.6 Å². The lowest BCUT2D eigenvalue weighted by atomic mass is 9.90. The molecule has 0 spiro atoms.